The Kier molecular flexibility index (Phi) is 4.18. The summed E-state index contributed by atoms with van der Waals surface area (Å²) in [6.07, 6.45) is 1.88. The molecule has 0 aliphatic carbocycles. The minimum atomic E-state index is -1.26. The smallest absolute Gasteiger partial charge is 0.329 e. The Morgan fingerprint density at radius 2 is 2.20 bits per heavy atom. The Hall–Kier alpha value is -2.16. The third-order valence-corrected chi connectivity index (χ3v) is 3.32. The number of urea groups is 1. The van der Waals surface area contributed by atoms with Crippen molar-refractivity contribution in [2.75, 3.05) is 13.2 Å². The number of aromatic nitrogens is 3. The number of ether oxygens (including phenoxy) is 1. The van der Waals surface area contributed by atoms with Crippen LogP contribution >= 0.6 is 0 Å². The van der Waals surface area contributed by atoms with E-state index in [1.165, 1.54) is 11.0 Å². The predicted molar refractivity (Wildman–Crippen MR) is 66.8 cm³/mol. The lowest BCUT2D eigenvalue weighted by molar-refractivity contribution is -0.148. The molecule has 0 bridgehead atoms. The topological polar surface area (TPSA) is 118 Å². The molecule has 20 heavy (non-hydrogen) atoms. The minimum absolute atomic E-state index is 0.175. The quantitative estimate of drug-likeness (QED) is 0.669. The molecule has 1 aliphatic rings. The summed E-state index contributed by atoms with van der Waals surface area (Å²) in [7, 11) is 1.71. The molecule has 1 aliphatic heterocycles. The van der Waals surface area contributed by atoms with Crippen molar-refractivity contribution >= 4 is 12.0 Å². The molecule has 2 amide bonds. The van der Waals surface area contributed by atoms with E-state index in [0.717, 1.165) is 0 Å². The van der Waals surface area contributed by atoms with Crippen LogP contribution in [0.5, 0.6) is 0 Å². The first kappa shape index (κ1) is 14.3. The van der Waals surface area contributed by atoms with Crippen molar-refractivity contribution in [2.45, 2.75) is 24.9 Å². The van der Waals surface area contributed by atoms with E-state index in [4.69, 9.17) is 4.74 Å². The second-order valence-corrected chi connectivity index (χ2v) is 4.61. The number of aryl methyl sites for hydroxylation is 1. The molecule has 110 valence electrons. The average molecular weight is 283 g/mol. The van der Waals surface area contributed by atoms with Crippen LogP contribution in [0.3, 0.4) is 0 Å². The number of nitrogens with zero attached hydrogens (tertiary/aromatic N) is 3. The second kappa shape index (κ2) is 5.87. The van der Waals surface area contributed by atoms with Gasteiger partial charge in [-0.25, -0.2) is 14.6 Å². The summed E-state index contributed by atoms with van der Waals surface area (Å²) in [6, 6.07) is -0.544. The monoisotopic (exact) mass is 283 g/mol. The Labute approximate surface area is 115 Å². The van der Waals surface area contributed by atoms with Gasteiger partial charge in [-0.2, -0.15) is 5.10 Å². The number of rotatable bonds is 4. The van der Waals surface area contributed by atoms with Crippen molar-refractivity contribution < 1.29 is 19.4 Å². The van der Waals surface area contributed by atoms with Crippen molar-refractivity contribution in [3.8, 4) is 0 Å². The summed E-state index contributed by atoms with van der Waals surface area (Å²) in [5, 5.41) is 18.3. The van der Waals surface area contributed by atoms with E-state index in [9.17, 15) is 14.7 Å². The summed E-state index contributed by atoms with van der Waals surface area (Å²) in [5.41, 5.74) is -1.26. The lowest BCUT2D eigenvalue weighted by Crippen LogP contribution is -2.59. The van der Waals surface area contributed by atoms with Crippen LogP contribution in [0.1, 0.15) is 18.7 Å². The van der Waals surface area contributed by atoms with Gasteiger partial charge in [0, 0.05) is 33.1 Å². The molecule has 3 N–H and O–H groups in total. The van der Waals surface area contributed by atoms with Crippen molar-refractivity contribution in [3.05, 3.63) is 12.2 Å². The molecule has 0 spiro atoms. The van der Waals surface area contributed by atoms with Crippen molar-refractivity contribution in [1.29, 1.82) is 0 Å². The Bertz CT molecular complexity index is 495. The molecule has 9 nitrogen and oxygen atoms in total. The number of carboxylic acids is 1. The van der Waals surface area contributed by atoms with E-state index in [-0.39, 0.29) is 19.4 Å². The Morgan fingerprint density at radius 3 is 2.75 bits per heavy atom. The third kappa shape index (κ3) is 3.05. The minimum Gasteiger partial charge on any atom is -0.480 e. The molecule has 1 aromatic heterocycles. The Morgan fingerprint density at radius 1 is 1.50 bits per heavy atom. The van der Waals surface area contributed by atoms with Crippen LogP contribution in [0.15, 0.2) is 6.33 Å². The second-order valence-electron chi connectivity index (χ2n) is 4.61. The number of carbonyl (C=O) groups excluding carboxylic acids is 1. The largest absolute Gasteiger partial charge is 0.480 e. The molecule has 0 unspecified atom stereocenters. The van der Waals surface area contributed by atoms with Gasteiger partial charge in [0.15, 0.2) is 0 Å². The normalized spacial score (nSPS) is 17.4. The number of carbonyl (C=O) groups is 2. The van der Waals surface area contributed by atoms with Gasteiger partial charge >= 0.3 is 12.0 Å². The molecule has 9 heteroatoms. The average Bonchev–Trinajstić information content (AvgIpc) is 2.83. The zero-order valence-electron chi connectivity index (χ0n) is 11.1. The molecule has 0 saturated carbocycles. The van der Waals surface area contributed by atoms with Gasteiger partial charge in [-0.15, -0.1) is 0 Å². The van der Waals surface area contributed by atoms with E-state index < -0.39 is 17.5 Å². The van der Waals surface area contributed by atoms with Gasteiger partial charge in [0.25, 0.3) is 0 Å². The third-order valence-electron chi connectivity index (χ3n) is 3.32. The van der Waals surface area contributed by atoms with Crippen LogP contribution in [-0.2, 0) is 23.1 Å². The lowest BCUT2D eigenvalue weighted by atomic mass is 9.90. The highest BCUT2D eigenvalue weighted by molar-refractivity contribution is 5.86. The molecule has 0 radical (unpaired) electrons. The number of nitrogens with one attached hydrogen (secondary N) is 2. The van der Waals surface area contributed by atoms with Crippen LogP contribution < -0.4 is 10.6 Å². The van der Waals surface area contributed by atoms with Crippen molar-refractivity contribution in [3.63, 3.8) is 0 Å². The number of hydrogen-bond donors (Lipinski definition) is 3. The van der Waals surface area contributed by atoms with E-state index >= 15 is 0 Å². The van der Waals surface area contributed by atoms with Crippen LogP contribution in [0.2, 0.25) is 0 Å². The maximum absolute atomic E-state index is 11.8. The maximum atomic E-state index is 11.8. The molecule has 1 saturated heterocycles. The highest BCUT2D eigenvalue weighted by Gasteiger charge is 2.41. The van der Waals surface area contributed by atoms with E-state index in [2.05, 4.69) is 20.7 Å². The first-order valence-electron chi connectivity index (χ1n) is 6.23. The first-order chi connectivity index (χ1) is 9.53. The molecular formula is C11H17N5O4. The number of carboxylic acid groups (broad SMARTS) is 1. The van der Waals surface area contributed by atoms with Gasteiger partial charge < -0.3 is 20.5 Å². The molecular weight excluding hydrogens is 266 g/mol. The zero-order chi connectivity index (χ0) is 14.6. The predicted octanol–water partition coefficient (Wildman–Crippen LogP) is -0.752. The van der Waals surface area contributed by atoms with E-state index in [1.54, 1.807) is 7.05 Å². The maximum Gasteiger partial charge on any atom is 0.329 e. The molecule has 2 rings (SSSR count). The van der Waals surface area contributed by atoms with Crippen LogP contribution in [0.25, 0.3) is 0 Å². The fourth-order valence-corrected chi connectivity index (χ4v) is 2.01. The Balaban J connectivity index is 1.92. The van der Waals surface area contributed by atoms with Gasteiger partial charge in [-0.05, 0) is 0 Å². The van der Waals surface area contributed by atoms with Gasteiger partial charge in [0.2, 0.25) is 0 Å². The summed E-state index contributed by atoms with van der Waals surface area (Å²) >= 11 is 0. The molecule has 1 fully saturated rings. The molecule has 2 heterocycles. The fourth-order valence-electron chi connectivity index (χ4n) is 2.01. The number of hydrogen-bond acceptors (Lipinski definition) is 5. The summed E-state index contributed by atoms with van der Waals surface area (Å²) in [4.78, 5) is 27.2. The van der Waals surface area contributed by atoms with Gasteiger partial charge in [-0.1, -0.05) is 0 Å². The zero-order valence-corrected chi connectivity index (χ0v) is 11.1. The van der Waals surface area contributed by atoms with Gasteiger partial charge in [0.1, 0.15) is 17.7 Å². The SMILES string of the molecule is Cn1ncnc1CNC(=O)NC1(C(=O)O)CCOCC1. The molecule has 0 atom stereocenters. The van der Waals surface area contributed by atoms with Crippen LogP contribution in [-0.4, -0.2) is 50.6 Å². The lowest BCUT2D eigenvalue weighted by Gasteiger charge is -2.33. The van der Waals surface area contributed by atoms with E-state index in [0.29, 0.717) is 19.0 Å². The molecule has 0 aromatic carbocycles. The van der Waals surface area contributed by atoms with Crippen molar-refractivity contribution in [2.24, 2.45) is 7.05 Å². The summed E-state index contributed by atoms with van der Waals surface area (Å²) in [5.74, 6) is -0.467. The summed E-state index contributed by atoms with van der Waals surface area (Å²) in [6.45, 7) is 0.806. The summed E-state index contributed by atoms with van der Waals surface area (Å²) < 4.78 is 6.66. The van der Waals surface area contributed by atoms with Crippen LogP contribution in [0, 0.1) is 0 Å². The molecule has 1 aromatic rings. The van der Waals surface area contributed by atoms with E-state index in [1.807, 2.05) is 0 Å². The first-order valence-corrected chi connectivity index (χ1v) is 6.23. The van der Waals surface area contributed by atoms with Crippen LogP contribution in [0.4, 0.5) is 4.79 Å². The highest BCUT2D eigenvalue weighted by Crippen LogP contribution is 2.20. The van der Waals surface area contributed by atoms with Gasteiger partial charge in [0.05, 0.1) is 6.54 Å². The standard InChI is InChI=1S/C11H17N5O4/c1-16-8(13-7-14-16)6-12-10(19)15-11(9(17)18)2-4-20-5-3-11/h7H,2-6H2,1H3,(H,17,18)(H2,12,15,19). The fraction of sp³-hybridized carbons (Fsp3) is 0.636. The van der Waals surface area contributed by atoms with Crippen molar-refractivity contribution in [1.82, 2.24) is 25.4 Å². The van der Waals surface area contributed by atoms with Gasteiger partial charge in [-0.3, -0.25) is 4.68 Å². The number of aliphatic carboxylic acids is 1. The number of amides is 2. The highest BCUT2D eigenvalue weighted by atomic mass is 16.5.